The van der Waals surface area contributed by atoms with E-state index in [1.54, 1.807) is 0 Å². The first kappa shape index (κ1) is 20.2. The lowest BCUT2D eigenvalue weighted by molar-refractivity contribution is 1.19. The van der Waals surface area contributed by atoms with Crippen LogP contribution in [-0.2, 0) is 0 Å². The lowest BCUT2D eigenvalue weighted by Crippen LogP contribution is -1.95. The third-order valence-electron chi connectivity index (χ3n) is 6.04. The Kier molecular flexibility index (Phi) is 4.63. The predicted octanol–water partition coefficient (Wildman–Crippen LogP) is 6.29. The van der Waals surface area contributed by atoms with Crippen molar-refractivity contribution in [2.45, 2.75) is 0 Å². The number of H-pyrrole nitrogens is 2. The topological polar surface area (TPSA) is 96.0 Å². The SMILES string of the molecule is c1cc(-c2cccc(-c3nc4ccccc4[nH]3)n2)nc(-c2cccc(-c3nc4ccccc4[nH]3)n2)c1. The van der Waals surface area contributed by atoms with Gasteiger partial charge in [0.15, 0.2) is 11.6 Å². The van der Waals surface area contributed by atoms with Gasteiger partial charge in [0.1, 0.15) is 11.4 Å². The Morgan fingerprint density at radius 1 is 0.333 bits per heavy atom. The Morgan fingerprint density at radius 2 is 0.694 bits per heavy atom. The molecule has 0 bridgehead atoms. The Bertz CT molecular complexity index is 1670. The van der Waals surface area contributed by atoms with Crippen LogP contribution in [0.15, 0.2) is 103 Å². The summed E-state index contributed by atoms with van der Waals surface area (Å²) in [6.45, 7) is 0. The summed E-state index contributed by atoms with van der Waals surface area (Å²) in [5.74, 6) is 1.46. The van der Waals surface area contributed by atoms with E-state index in [0.29, 0.717) is 0 Å². The highest BCUT2D eigenvalue weighted by molar-refractivity contribution is 5.80. The Morgan fingerprint density at radius 3 is 1.11 bits per heavy atom. The van der Waals surface area contributed by atoms with Gasteiger partial charge in [0.25, 0.3) is 0 Å². The molecule has 7 nitrogen and oxygen atoms in total. The van der Waals surface area contributed by atoms with Gasteiger partial charge in [-0.05, 0) is 60.7 Å². The van der Waals surface area contributed by atoms with Crippen LogP contribution >= 0.6 is 0 Å². The summed E-state index contributed by atoms with van der Waals surface area (Å²) >= 11 is 0. The summed E-state index contributed by atoms with van der Waals surface area (Å²) in [5.41, 5.74) is 8.38. The molecule has 5 aromatic heterocycles. The third kappa shape index (κ3) is 3.59. The molecular weight excluding hydrogens is 446 g/mol. The molecule has 7 heteroatoms. The second-order valence-electron chi connectivity index (χ2n) is 8.43. The van der Waals surface area contributed by atoms with Crippen LogP contribution in [-0.4, -0.2) is 34.9 Å². The average molecular weight is 466 g/mol. The molecule has 0 fully saturated rings. The van der Waals surface area contributed by atoms with Crippen molar-refractivity contribution in [3.63, 3.8) is 0 Å². The minimum absolute atomic E-state index is 0.731. The highest BCUT2D eigenvalue weighted by Crippen LogP contribution is 2.26. The van der Waals surface area contributed by atoms with Crippen molar-refractivity contribution in [1.82, 2.24) is 34.9 Å². The number of para-hydroxylation sites is 4. The van der Waals surface area contributed by atoms with Crippen LogP contribution in [0.4, 0.5) is 0 Å². The van der Waals surface area contributed by atoms with Crippen LogP contribution in [0.5, 0.6) is 0 Å². The minimum Gasteiger partial charge on any atom is -0.337 e. The molecule has 0 aliphatic heterocycles. The van der Waals surface area contributed by atoms with Crippen molar-refractivity contribution < 1.29 is 0 Å². The molecule has 0 aliphatic carbocycles. The number of nitrogens with zero attached hydrogens (tertiary/aromatic N) is 5. The van der Waals surface area contributed by atoms with Crippen molar-refractivity contribution in [3.8, 4) is 45.8 Å². The van der Waals surface area contributed by atoms with Crippen molar-refractivity contribution in [2.24, 2.45) is 0 Å². The zero-order valence-corrected chi connectivity index (χ0v) is 19.1. The first-order valence-electron chi connectivity index (χ1n) is 11.6. The molecule has 36 heavy (non-hydrogen) atoms. The second-order valence-corrected chi connectivity index (χ2v) is 8.43. The molecule has 0 saturated heterocycles. The van der Waals surface area contributed by atoms with Gasteiger partial charge >= 0.3 is 0 Å². The van der Waals surface area contributed by atoms with Crippen molar-refractivity contribution in [3.05, 3.63) is 103 Å². The van der Waals surface area contributed by atoms with Crippen molar-refractivity contribution in [1.29, 1.82) is 0 Å². The molecule has 170 valence electrons. The number of imidazole rings is 2. The highest BCUT2D eigenvalue weighted by atomic mass is 15.0. The van der Waals surface area contributed by atoms with E-state index in [9.17, 15) is 0 Å². The van der Waals surface area contributed by atoms with E-state index < -0.39 is 0 Å². The fourth-order valence-electron chi connectivity index (χ4n) is 4.29. The molecule has 2 N–H and O–H groups in total. The summed E-state index contributed by atoms with van der Waals surface area (Å²) in [6, 6.07) is 33.5. The number of nitrogens with one attached hydrogen (secondary N) is 2. The van der Waals surface area contributed by atoms with Crippen LogP contribution in [0.3, 0.4) is 0 Å². The van der Waals surface area contributed by atoms with Gasteiger partial charge in [-0.15, -0.1) is 0 Å². The van der Waals surface area contributed by atoms with Crippen LogP contribution in [0.2, 0.25) is 0 Å². The average Bonchev–Trinajstić information content (AvgIpc) is 3.58. The van der Waals surface area contributed by atoms with E-state index in [1.807, 2.05) is 103 Å². The molecule has 7 rings (SSSR count). The molecule has 0 spiro atoms. The maximum Gasteiger partial charge on any atom is 0.157 e. The molecule has 0 aliphatic rings. The molecule has 0 atom stereocenters. The van der Waals surface area contributed by atoms with Gasteiger partial charge in [0.05, 0.1) is 44.8 Å². The molecule has 0 radical (unpaired) electrons. The van der Waals surface area contributed by atoms with Crippen LogP contribution in [0.25, 0.3) is 67.9 Å². The molecular formula is C29H19N7. The number of pyridine rings is 3. The molecule has 0 saturated carbocycles. The number of hydrogen-bond donors (Lipinski definition) is 2. The van der Waals surface area contributed by atoms with Gasteiger partial charge in [-0.1, -0.05) is 42.5 Å². The van der Waals surface area contributed by atoms with E-state index in [1.165, 1.54) is 0 Å². The maximum absolute atomic E-state index is 4.88. The zero-order valence-electron chi connectivity index (χ0n) is 19.1. The summed E-state index contributed by atoms with van der Waals surface area (Å²) < 4.78 is 0. The second kappa shape index (κ2) is 8.25. The summed E-state index contributed by atoms with van der Waals surface area (Å²) in [7, 11) is 0. The third-order valence-corrected chi connectivity index (χ3v) is 6.04. The van der Waals surface area contributed by atoms with Gasteiger partial charge in [-0.2, -0.15) is 0 Å². The first-order valence-corrected chi connectivity index (χ1v) is 11.6. The predicted molar refractivity (Wildman–Crippen MR) is 141 cm³/mol. The lowest BCUT2D eigenvalue weighted by atomic mass is 10.2. The van der Waals surface area contributed by atoms with Gasteiger partial charge < -0.3 is 9.97 Å². The summed E-state index contributed by atoms with van der Waals surface area (Å²) in [5, 5.41) is 0. The molecule has 2 aromatic carbocycles. The minimum atomic E-state index is 0.731. The quantitative estimate of drug-likeness (QED) is 0.318. The molecule has 0 amide bonds. The van der Waals surface area contributed by atoms with E-state index in [0.717, 1.165) is 67.9 Å². The van der Waals surface area contributed by atoms with Crippen molar-refractivity contribution in [2.75, 3.05) is 0 Å². The van der Waals surface area contributed by atoms with E-state index in [-0.39, 0.29) is 0 Å². The number of aromatic amines is 2. The van der Waals surface area contributed by atoms with E-state index in [2.05, 4.69) is 19.9 Å². The van der Waals surface area contributed by atoms with Crippen molar-refractivity contribution >= 4 is 22.1 Å². The maximum atomic E-state index is 4.88. The largest absolute Gasteiger partial charge is 0.337 e. The number of benzene rings is 2. The lowest BCUT2D eigenvalue weighted by Gasteiger charge is -2.06. The van der Waals surface area contributed by atoms with Gasteiger partial charge in [-0.3, -0.25) is 0 Å². The fourth-order valence-corrected chi connectivity index (χ4v) is 4.29. The van der Waals surface area contributed by atoms with Crippen LogP contribution < -0.4 is 0 Å². The Hall–Kier alpha value is -5.17. The number of hydrogen-bond acceptors (Lipinski definition) is 5. The molecule has 5 heterocycles. The Balaban J connectivity index is 1.24. The fraction of sp³-hybridized carbons (Fsp3) is 0. The standard InChI is InChI=1S/C29H19N7/c1-2-9-23-22(8-1)33-28(34-23)26-16-6-14-20(31-26)18-12-5-13-19(30-18)21-15-7-17-27(32-21)29-35-24-10-3-4-11-25(24)36-29/h1-17H,(H,33,34)(H,35,36). The number of aromatic nitrogens is 7. The summed E-state index contributed by atoms with van der Waals surface area (Å²) in [6.07, 6.45) is 0. The van der Waals surface area contributed by atoms with Crippen LogP contribution in [0, 0.1) is 0 Å². The van der Waals surface area contributed by atoms with Gasteiger partial charge in [0, 0.05) is 0 Å². The smallest absolute Gasteiger partial charge is 0.157 e. The van der Waals surface area contributed by atoms with Crippen LogP contribution in [0.1, 0.15) is 0 Å². The van der Waals surface area contributed by atoms with Gasteiger partial charge in [0.2, 0.25) is 0 Å². The molecule has 0 unspecified atom stereocenters. The van der Waals surface area contributed by atoms with E-state index in [4.69, 9.17) is 15.0 Å². The van der Waals surface area contributed by atoms with E-state index >= 15 is 0 Å². The monoisotopic (exact) mass is 465 g/mol. The first-order chi connectivity index (χ1) is 17.8. The summed E-state index contributed by atoms with van der Waals surface area (Å²) in [4.78, 5) is 30.6. The zero-order chi connectivity index (χ0) is 23.9. The number of fused-ring (bicyclic) bond motifs is 2. The Labute approximate surface area is 206 Å². The normalized spacial score (nSPS) is 11.3. The number of rotatable bonds is 4. The highest BCUT2D eigenvalue weighted by Gasteiger charge is 2.12. The molecule has 7 aromatic rings. The van der Waals surface area contributed by atoms with Gasteiger partial charge in [-0.25, -0.2) is 24.9 Å².